The molecule has 0 saturated heterocycles. The average Bonchev–Trinajstić information content (AvgIpc) is 3.10. The van der Waals surface area contributed by atoms with Gasteiger partial charge in [0.15, 0.2) is 5.69 Å². The Morgan fingerprint density at radius 3 is 2.40 bits per heavy atom. The number of quaternary nitrogens is 1. The standard InChI is InChI=1S/C17H15N3O3S2/c18-14-8-5-12(16-2-1-9-24-16)10-15(14)20-17(21)11-3-6-13(7-4-11)25(19,22)23/h1-10H,18H2,(H,20,21)(H2,19,22,23)/p+1. The first-order valence-corrected chi connectivity index (χ1v) is 9.71. The maximum Gasteiger partial charge on any atom is 0.255 e. The van der Waals surface area contributed by atoms with Gasteiger partial charge >= 0.3 is 0 Å². The summed E-state index contributed by atoms with van der Waals surface area (Å²) in [5.74, 6) is -0.353. The Bertz CT molecular complexity index is 1010. The molecule has 0 aliphatic heterocycles. The van der Waals surface area contributed by atoms with Gasteiger partial charge in [-0.3, -0.25) is 4.79 Å². The van der Waals surface area contributed by atoms with Gasteiger partial charge in [0.1, 0.15) is 5.69 Å². The number of primary sulfonamides is 1. The molecule has 3 rings (SSSR count). The van der Waals surface area contributed by atoms with E-state index < -0.39 is 10.0 Å². The number of rotatable bonds is 4. The van der Waals surface area contributed by atoms with Crippen molar-refractivity contribution in [2.75, 3.05) is 5.32 Å². The number of hydrogen-bond donors (Lipinski definition) is 3. The molecular formula is C17H16N3O3S2+. The molecule has 6 N–H and O–H groups in total. The molecule has 1 heterocycles. The van der Waals surface area contributed by atoms with Crippen molar-refractivity contribution >= 4 is 38.6 Å². The number of sulfonamides is 1. The van der Waals surface area contributed by atoms with E-state index in [0.29, 0.717) is 16.9 Å². The fourth-order valence-electron chi connectivity index (χ4n) is 2.28. The summed E-state index contributed by atoms with van der Waals surface area (Å²) in [5.41, 5.74) is 6.54. The van der Waals surface area contributed by atoms with Crippen LogP contribution >= 0.6 is 11.3 Å². The Hall–Kier alpha value is -2.52. The summed E-state index contributed by atoms with van der Waals surface area (Å²) in [6.45, 7) is 0. The fraction of sp³-hybridized carbons (Fsp3) is 0. The molecule has 128 valence electrons. The minimum atomic E-state index is -3.78. The minimum absolute atomic E-state index is 0.0402. The second kappa shape index (κ2) is 6.77. The van der Waals surface area contributed by atoms with Crippen molar-refractivity contribution in [1.29, 1.82) is 0 Å². The van der Waals surface area contributed by atoms with Crippen LogP contribution in [0.15, 0.2) is 64.9 Å². The van der Waals surface area contributed by atoms with Gasteiger partial charge in [0, 0.05) is 16.5 Å². The van der Waals surface area contributed by atoms with Crippen LogP contribution in [0.2, 0.25) is 0 Å². The summed E-state index contributed by atoms with van der Waals surface area (Å²) in [6, 6.07) is 15.1. The topological polar surface area (TPSA) is 117 Å². The predicted octanol–water partition coefficient (Wildman–Crippen LogP) is 2.19. The van der Waals surface area contributed by atoms with Crippen LogP contribution in [0, 0.1) is 0 Å². The van der Waals surface area contributed by atoms with Gasteiger partial charge in [-0.2, -0.15) is 0 Å². The Morgan fingerprint density at radius 1 is 1.08 bits per heavy atom. The molecule has 25 heavy (non-hydrogen) atoms. The molecular weight excluding hydrogens is 358 g/mol. The molecule has 0 fully saturated rings. The second-order valence-electron chi connectivity index (χ2n) is 5.37. The van der Waals surface area contributed by atoms with E-state index >= 15 is 0 Å². The molecule has 6 nitrogen and oxygen atoms in total. The van der Waals surface area contributed by atoms with E-state index in [0.717, 1.165) is 10.4 Å². The smallest absolute Gasteiger partial charge is 0.255 e. The van der Waals surface area contributed by atoms with Gasteiger partial charge in [-0.25, -0.2) is 13.6 Å². The number of benzene rings is 2. The van der Waals surface area contributed by atoms with Gasteiger partial charge in [-0.15, -0.1) is 11.3 Å². The fourth-order valence-corrected chi connectivity index (χ4v) is 3.52. The number of amides is 1. The van der Waals surface area contributed by atoms with Crippen LogP contribution in [0.1, 0.15) is 10.4 Å². The third kappa shape index (κ3) is 3.94. The molecule has 0 atom stereocenters. The van der Waals surface area contributed by atoms with Crippen LogP contribution in [-0.4, -0.2) is 14.3 Å². The monoisotopic (exact) mass is 374 g/mol. The zero-order valence-corrected chi connectivity index (χ0v) is 14.7. The maximum absolute atomic E-state index is 12.4. The molecule has 0 spiro atoms. The number of anilines is 1. The van der Waals surface area contributed by atoms with Gasteiger partial charge in [-0.1, -0.05) is 6.07 Å². The van der Waals surface area contributed by atoms with E-state index in [1.54, 1.807) is 11.3 Å². The summed E-state index contributed by atoms with van der Waals surface area (Å²) in [7, 11) is -3.78. The lowest BCUT2D eigenvalue weighted by atomic mass is 10.1. The molecule has 0 saturated carbocycles. The first kappa shape index (κ1) is 17.3. The number of thiophene rings is 1. The molecule has 1 amide bonds. The van der Waals surface area contributed by atoms with Crippen molar-refractivity contribution in [3.05, 3.63) is 65.5 Å². The quantitative estimate of drug-likeness (QED) is 0.650. The highest BCUT2D eigenvalue weighted by Crippen LogP contribution is 2.29. The van der Waals surface area contributed by atoms with Crippen LogP contribution in [-0.2, 0) is 10.0 Å². The van der Waals surface area contributed by atoms with Crippen LogP contribution in [0.4, 0.5) is 11.4 Å². The van der Waals surface area contributed by atoms with Crippen molar-refractivity contribution in [3.63, 3.8) is 0 Å². The number of nitrogens with two attached hydrogens (primary N) is 1. The molecule has 0 aliphatic carbocycles. The highest BCUT2D eigenvalue weighted by Gasteiger charge is 2.13. The Morgan fingerprint density at radius 2 is 1.80 bits per heavy atom. The largest absolute Gasteiger partial charge is 0.323 e. The third-order valence-corrected chi connectivity index (χ3v) is 5.46. The number of carbonyl (C=O) groups excluding carboxylic acids is 1. The van der Waals surface area contributed by atoms with Gasteiger partial charge in [0.05, 0.1) is 4.90 Å². The second-order valence-corrected chi connectivity index (χ2v) is 7.88. The summed E-state index contributed by atoms with van der Waals surface area (Å²) < 4.78 is 22.5. The van der Waals surface area contributed by atoms with Crippen molar-refractivity contribution in [3.8, 4) is 10.4 Å². The molecule has 0 bridgehead atoms. The lowest BCUT2D eigenvalue weighted by Crippen LogP contribution is -2.41. The summed E-state index contributed by atoms with van der Waals surface area (Å²) >= 11 is 1.61. The number of hydrogen-bond acceptors (Lipinski definition) is 4. The van der Waals surface area contributed by atoms with Gasteiger partial charge < -0.3 is 11.1 Å². The van der Waals surface area contributed by atoms with Crippen LogP contribution < -0.4 is 16.2 Å². The molecule has 1 aromatic heterocycles. The number of carbonyl (C=O) groups is 1. The lowest BCUT2D eigenvalue weighted by Gasteiger charge is -2.08. The Labute approximate surface area is 149 Å². The molecule has 0 radical (unpaired) electrons. The normalized spacial score (nSPS) is 11.3. The summed E-state index contributed by atoms with van der Waals surface area (Å²) in [4.78, 5) is 13.5. The molecule has 3 aromatic rings. The predicted molar refractivity (Wildman–Crippen MR) is 98.1 cm³/mol. The van der Waals surface area contributed by atoms with Gasteiger partial charge in [-0.05, 0) is 53.4 Å². The Kier molecular flexibility index (Phi) is 4.69. The SMILES string of the molecule is NS(=O)(=O)c1ccc(C(=O)Nc2cc(-c3cccs3)ccc2[NH3+])cc1. The average molecular weight is 374 g/mol. The zero-order chi connectivity index (χ0) is 18.0. The van der Waals surface area contributed by atoms with E-state index in [-0.39, 0.29) is 10.8 Å². The molecule has 2 aromatic carbocycles. The van der Waals surface area contributed by atoms with Crippen LogP contribution in [0.3, 0.4) is 0 Å². The maximum atomic E-state index is 12.4. The van der Waals surface area contributed by atoms with Gasteiger partial charge in [0.25, 0.3) is 5.91 Å². The van der Waals surface area contributed by atoms with Crippen LogP contribution in [0.25, 0.3) is 10.4 Å². The molecule has 8 heteroatoms. The van der Waals surface area contributed by atoms with Gasteiger partial charge in [0.2, 0.25) is 10.0 Å². The Balaban J connectivity index is 1.84. The molecule has 0 aliphatic rings. The highest BCUT2D eigenvalue weighted by molar-refractivity contribution is 7.89. The van der Waals surface area contributed by atoms with E-state index in [1.165, 1.54) is 24.3 Å². The summed E-state index contributed by atoms with van der Waals surface area (Å²) in [5, 5.41) is 9.85. The first-order valence-electron chi connectivity index (χ1n) is 7.29. The van der Waals surface area contributed by atoms with E-state index in [2.05, 4.69) is 11.1 Å². The molecule has 0 unspecified atom stereocenters. The van der Waals surface area contributed by atoms with Crippen molar-refractivity contribution in [2.24, 2.45) is 5.14 Å². The van der Waals surface area contributed by atoms with E-state index in [4.69, 9.17) is 5.14 Å². The summed E-state index contributed by atoms with van der Waals surface area (Å²) in [6.07, 6.45) is 0. The zero-order valence-electron chi connectivity index (χ0n) is 13.1. The third-order valence-electron chi connectivity index (χ3n) is 3.61. The highest BCUT2D eigenvalue weighted by atomic mass is 32.2. The lowest BCUT2D eigenvalue weighted by molar-refractivity contribution is -0.253. The van der Waals surface area contributed by atoms with Crippen molar-refractivity contribution in [2.45, 2.75) is 4.90 Å². The van der Waals surface area contributed by atoms with Crippen LogP contribution in [0.5, 0.6) is 0 Å². The van der Waals surface area contributed by atoms with Crippen molar-refractivity contribution in [1.82, 2.24) is 0 Å². The van der Waals surface area contributed by atoms with E-state index in [1.807, 2.05) is 35.7 Å². The first-order chi connectivity index (χ1) is 11.8. The minimum Gasteiger partial charge on any atom is -0.323 e. The van der Waals surface area contributed by atoms with E-state index in [9.17, 15) is 13.2 Å². The van der Waals surface area contributed by atoms with Crippen molar-refractivity contribution < 1.29 is 18.9 Å². The number of nitrogens with one attached hydrogen (secondary N) is 1.